The van der Waals surface area contributed by atoms with Gasteiger partial charge >= 0.3 is 0 Å². The Morgan fingerprint density at radius 2 is 1.33 bits per heavy atom. The first-order chi connectivity index (χ1) is 43.2. The fourth-order valence-electron chi connectivity index (χ4n) is 11.8. The Balaban J connectivity index is 1.23. The zero-order valence-corrected chi connectivity index (χ0v) is 58.0. The molecule has 1 aromatic heterocycles. The number of aromatic nitrogens is 2. The maximum absolute atomic E-state index is 14.5. The molecule has 4 N–H and O–H groups in total. The highest BCUT2D eigenvalue weighted by Gasteiger charge is 2.43. The number of likely N-dealkylation sites (N-methyl/N-ethyl adjacent to an activating group) is 2. The van der Waals surface area contributed by atoms with Crippen molar-refractivity contribution in [2.45, 2.75) is 166 Å². The van der Waals surface area contributed by atoms with Gasteiger partial charge in [-0.25, -0.2) is 9.97 Å². The van der Waals surface area contributed by atoms with E-state index < -0.39 is 71.5 Å². The number of carbonyl (C=O) groups excluding carboxylic acids is 10. The molecule has 0 saturated carbocycles. The van der Waals surface area contributed by atoms with Gasteiger partial charge in [0, 0.05) is 106 Å². The normalized spacial score (nSPS) is 15.8. The number of rotatable bonds is 40. The van der Waals surface area contributed by atoms with Gasteiger partial charge in [0.05, 0.1) is 84.7 Å². The number of likely N-dealkylation sites (tertiary alicyclic amines) is 1. The van der Waals surface area contributed by atoms with Crippen LogP contribution < -0.4 is 21.3 Å². The maximum atomic E-state index is 14.5. The molecule has 0 bridgehead atoms. The highest BCUT2D eigenvalue weighted by molar-refractivity contribution is 9.09. The van der Waals surface area contributed by atoms with E-state index in [2.05, 4.69) is 73.1 Å². The summed E-state index contributed by atoms with van der Waals surface area (Å²) in [6, 6.07) is 10.0. The number of benzene rings is 2. The number of methoxy groups -OCH3 is 2. The second-order valence-electron chi connectivity index (χ2n) is 24.5. The molecule has 1 aliphatic rings. The fourth-order valence-corrected chi connectivity index (χ4v) is 12.7. The first kappa shape index (κ1) is 76.9. The van der Waals surface area contributed by atoms with Crippen LogP contribution in [0.25, 0.3) is 21.5 Å². The molecular formula is C65H94Br2N12O12. The van der Waals surface area contributed by atoms with Crippen molar-refractivity contribution in [3.05, 3.63) is 81.0 Å². The summed E-state index contributed by atoms with van der Waals surface area (Å²) in [6.45, 7) is 13.1. The Morgan fingerprint density at radius 1 is 0.747 bits per heavy atom. The molecule has 0 radical (unpaired) electrons. The highest BCUT2D eigenvalue weighted by atomic mass is 79.9. The lowest BCUT2D eigenvalue weighted by atomic mass is 9.83. The largest absolute Gasteiger partial charge is 0.379 e. The number of amides is 6. The van der Waals surface area contributed by atoms with Crippen LogP contribution in [0.15, 0.2) is 47.6 Å². The SMILES string of the molecule is CC[C@H](C)[C@@H]([C@@H](CC(=O)N1CCC[C@H]1[C@H](OC)[C@@H](C)C(=O)N[C@H](CN=[N+]=[N-])Cc1ccc(CC(=O)CNC(=O)CCC(=O)CNC(=O)CCC(=O)CNC(=O)c2ccc3nc(CBr)c(CBr)nc3c2)cc1)OC)N(C)C(=O)[C@@H](CC(=O)[C@H](C(C)C)N(C)C)C(C)C. The number of Topliss-reactive ketones (excluding diaryl/α,β-unsaturated/α-hetero) is 4. The van der Waals surface area contributed by atoms with Crippen molar-refractivity contribution in [2.75, 3.05) is 68.1 Å². The van der Waals surface area contributed by atoms with Crippen LogP contribution in [-0.2, 0) is 76.1 Å². The average Bonchev–Trinajstić information content (AvgIpc) is 1.86. The summed E-state index contributed by atoms with van der Waals surface area (Å²) < 4.78 is 12.1. The van der Waals surface area contributed by atoms with E-state index in [-0.39, 0.29) is 131 Å². The monoisotopic (exact) mass is 1390 g/mol. The third-order valence-electron chi connectivity index (χ3n) is 16.9. The van der Waals surface area contributed by atoms with E-state index in [1.807, 2.05) is 60.5 Å². The van der Waals surface area contributed by atoms with Crippen molar-refractivity contribution < 1.29 is 57.4 Å². The van der Waals surface area contributed by atoms with Gasteiger partial charge in [-0.15, -0.1) is 0 Å². The van der Waals surface area contributed by atoms with Crippen LogP contribution >= 0.6 is 31.9 Å². The summed E-state index contributed by atoms with van der Waals surface area (Å²) in [6.07, 6.45) is 0.108. The van der Waals surface area contributed by atoms with Crippen LogP contribution in [0.3, 0.4) is 0 Å². The van der Waals surface area contributed by atoms with Gasteiger partial charge in [0.2, 0.25) is 29.5 Å². The van der Waals surface area contributed by atoms with Crippen molar-refractivity contribution in [3.63, 3.8) is 0 Å². The summed E-state index contributed by atoms with van der Waals surface area (Å²) in [5.41, 5.74) is 13.6. The van der Waals surface area contributed by atoms with E-state index >= 15 is 0 Å². The third kappa shape index (κ3) is 23.5. The molecule has 9 atom stereocenters. The number of carbonyl (C=O) groups is 10. The quantitative estimate of drug-likeness (QED) is 0.0193. The Labute approximate surface area is 551 Å². The molecule has 2 aromatic carbocycles. The number of ketones is 4. The number of halogens is 2. The summed E-state index contributed by atoms with van der Waals surface area (Å²) in [7, 11) is 8.53. The van der Waals surface area contributed by atoms with Crippen molar-refractivity contribution in [3.8, 4) is 0 Å². The molecule has 1 saturated heterocycles. The van der Waals surface area contributed by atoms with Crippen LogP contribution in [0.2, 0.25) is 0 Å². The predicted molar refractivity (Wildman–Crippen MR) is 353 cm³/mol. The van der Waals surface area contributed by atoms with Crippen molar-refractivity contribution in [1.29, 1.82) is 0 Å². The molecule has 26 heteroatoms. The van der Waals surface area contributed by atoms with Gasteiger partial charge in [-0.3, -0.25) is 52.8 Å². The van der Waals surface area contributed by atoms with Crippen molar-refractivity contribution in [2.24, 2.45) is 34.7 Å². The smallest absolute Gasteiger partial charge is 0.251 e. The predicted octanol–water partition coefficient (Wildman–Crippen LogP) is 6.97. The molecule has 0 aliphatic carbocycles. The molecule has 2 heterocycles. The van der Waals surface area contributed by atoms with Gasteiger partial charge in [-0.05, 0) is 86.0 Å². The molecule has 4 rings (SSSR count). The number of ether oxygens (including phenoxy) is 2. The van der Waals surface area contributed by atoms with Crippen LogP contribution in [0.5, 0.6) is 0 Å². The van der Waals surface area contributed by atoms with Gasteiger partial charge in [0.15, 0.2) is 23.1 Å². The summed E-state index contributed by atoms with van der Waals surface area (Å²) >= 11 is 6.80. The van der Waals surface area contributed by atoms with E-state index in [9.17, 15) is 53.5 Å². The number of azide groups is 1. The zero-order valence-electron chi connectivity index (χ0n) is 54.9. The molecule has 24 nitrogen and oxygen atoms in total. The summed E-state index contributed by atoms with van der Waals surface area (Å²) in [5.74, 6) is -4.86. The summed E-state index contributed by atoms with van der Waals surface area (Å²) in [4.78, 5) is 150. The van der Waals surface area contributed by atoms with Gasteiger partial charge < -0.3 is 40.5 Å². The van der Waals surface area contributed by atoms with Gasteiger partial charge in [-0.1, -0.05) is 116 Å². The van der Waals surface area contributed by atoms with E-state index in [0.29, 0.717) is 58.6 Å². The lowest BCUT2D eigenvalue weighted by molar-refractivity contribution is -0.149. The molecule has 1 fully saturated rings. The van der Waals surface area contributed by atoms with Gasteiger partial charge in [0.1, 0.15) is 0 Å². The van der Waals surface area contributed by atoms with E-state index in [1.165, 1.54) is 7.11 Å². The summed E-state index contributed by atoms with van der Waals surface area (Å²) in [5, 5.41) is 15.3. The molecule has 6 amide bonds. The second-order valence-corrected chi connectivity index (χ2v) is 25.6. The van der Waals surface area contributed by atoms with E-state index in [0.717, 1.165) is 17.0 Å². The standard InChI is InChI=1S/C65H94Br2N12O12/c1-13-40(6)61(78(10)65(89)49(38(2)3)30-55(83)60(39(4)5)77(8)9)56(90-11)31-59(86)79-26-14-15-54(79)62(91-12)41(7)63(87)73-45(34-72-76-68)27-42-16-18-43(19-17-42)28-48(82)37-70-58(85)24-21-46(80)35-69-57(84)25-22-47(81)36-71-64(88)44-20-23-50-51(29-44)75-53(33-67)52(32-66)74-50/h16-20,23,29,38-41,45,49,54,56,60-62H,13-15,21-22,24-28,30-37H2,1-12H3,(H,69,84)(H,70,85)(H,71,88)(H,73,87)/t40-,41+,45-,49-,54-,56+,60-,61-,62+/m0/s1. The number of nitrogens with zero attached hydrogens (tertiary/aromatic N) is 8. The minimum absolute atomic E-state index is 0.00715. The van der Waals surface area contributed by atoms with Crippen LogP contribution in [0.4, 0.5) is 0 Å². The van der Waals surface area contributed by atoms with Crippen molar-refractivity contribution in [1.82, 2.24) is 45.9 Å². The minimum atomic E-state index is -0.750. The molecule has 0 unspecified atom stereocenters. The Morgan fingerprint density at radius 3 is 1.87 bits per heavy atom. The third-order valence-corrected chi connectivity index (χ3v) is 18.0. The van der Waals surface area contributed by atoms with E-state index in [1.54, 1.807) is 73.3 Å². The maximum Gasteiger partial charge on any atom is 0.251 e. The number of nitrogens with one attached hydrogen (secondary N) is 4. The van der Waals surface area contributed by atoms with Crippen LogP contribution in [-0.4, -0.2) is 188 Å². The lowest BCUT2D eigenvalue weighted by Gasteiger charge is -2.41. The molecule has 3 aromatic rings. The van der Waals surface area contributed by atoms with Crippen LogP contribution in [0.1, 0.15) is 139 Å². The Bertz CT molecular complexity index is 3040. The highest BCUT2D eigenvalue weighted by Crippen LogP contribution is 2.31. The average molecular weight is 1400 g/mol. The topological polar surface area (TPSA) is 322 Å². The number of hydrogen-bond acceptors (Lipinski definition) is 16. The zero-order chi connectivity index (χ0) is 67.6. The van der Waals surface area contributed by atoms with E-state index in [4.69, 9.17) is 9.47 Å². The molecule has 91 heavy (non-hydrogen) atoms. The molecular weight excluding hydrogens is 1300 g/mol. The Kier molecular flexibility index (Phi) is 32.5. The molecule has 500 valence electrons. The van der Waals surface area contributed by atoms with Gasteiger partial charge in [0.25, 0.3) is 5.91 Å². The number of hydrogen-bond donors (Lipinski definition) is 4. The molecule has 1 aliphatic heterocycles. The minimum Gasteiger partial charge on any atom is -0.379 e. The second kappa shape index (κ2) is 38.4. The van der Waals surface area contributed by atoms with Gasteiger partial charge in [-0.2, -0.15) is 0 Å². The first-order valence-electron chi connectivity index (χ1n) is 31.2. The Hall–Kier alpha value is -6.57. The van der Waals surface area contributed by atoms with Crippen molar-refractivity contribution >= 4 is 101 Å². The van der Waals surface area contributed by atoms with Crippen LogP contribution in [0, 0.1) is 29.6 Å². The molecule has 0 spiro atoms. The lowest BCUT2D eigenvalue weighted by Crippen LogP contribution is -2.54. The number of fused-ring (bicyclic) bond motifs is 1. The fraction of sp³-hybridized carbons (Fsp3) is 0.631. The first-order valence-corrected chi connectivity index (χ1v) is 33.4. The number of alkyl halides is 2.